The Morgan fingerprint density at radius 1 is 1.56 bits per heavy atom. The highest BCUT2D eigenvalue weighted by atomic mass is 32.2. The number of rotatable bonds is 9. The first-order valence-electron chi connectivity index (χ1n) is 5.65. The molecule has 0 radical (unpaired) electrons. The number of carbonyl (C=O) groups excluding carboxylic acids is 1. The van der Waals surface area contributed by atoms with E-state index in [2.05, 4.69) is 24.5 Å². The maximum atomic E-state index is 11.3. The van der Waals surface area contributed by atoms with Crippen LogP contribution in [0.5, 0.6) is 0 Å². The lowest BCUT2D eigenvalue weighted by atomic mass is 10.2. The van der Waals surface area contributed by atoms with Gasteiger partial charge in [0.1, 0.15) is 0 Å². The number of hydrogen-bond donors (Lipinski definition) is 2. The molecule has 0 rings (SSSR count). The van der Waals surface area contributed by atoms with Crippen LogP contribution < -0.4 is 10.6 Å². The topological polar surface area (TPSA) is 64.9 Å². The number of nitrogens with zero attached hydrogens (tertiary/aromatic N) is 1. The number of thioether (sulfide) groups is 1. The van der Waals surface area contributed by atoms with Crippen LogP contribution in [0.25, 0.3) is 0 Å². The van der Waals surface area contributed by atoms with Gasteiger partial charge < -0.3 is 10.6 Å². The fourth-order valence-corrected chi connectivity index (χ4v) is 1.90. The average molecular weight is 243 g/mol. The summed E-state index contributed by atoms with van der Waals surface area (Å²) in [7, 11) is 0. The Hall–Kier alpha value is -0.730. The molecule has 0 saturated heterocycles. The molecule has 1 unspecified atom stereocenters. The highest BCUT2D eigenvalue weighted by molar-refractivity contribution is 7.99. The largest absolute Gasteiger partial charge is 0.354 e. The molecule has 92 valence electrons. The van der Waals surface area contributed by atoms with Gasteiger partial charge in [-0.05, 0) is 24.9 Å². The van der Waals surface area contributed by atoms with Crippen LogP contribution in [0.2, 0.25) is 0 Å². The third-order valence-electron chi connectivity index (χ3n) is 2.07. The Labute approximate surface area is 102 Å². The molecule has 0 fully saturated rings. The summed E-state index contributed by atoms with van der Waals surface area (Å²) in [6, 6.07) is 2.35. The lowest BCUT2D eigenvalue weighted by molar-refractivity contribution is -0.120. The van der Waals surface area contributed by atoms with Crippen molar-refractivity contribution in [2.24, 2.45) is 0 Å². The van der Waals surface area contributed by atoms with E-state index >= 15 is 0 Å². The van der Waals surface area contributed by atoms with Gasteiger partial charge in [0, 0.05) is 12.6 Å². The summed E-state index contributed by atoms with van der Waals surface area (Å²) >= 11 is 1.91. The Bertz CT molecular complexity index is 228. The van der Waals surface area contributed by atoms with E-state index in [-0.39, 0.29) is 5.91 Å². The first kappa shape index (κ1) is 15.3. The van der Waals surface area contributed by atoms with Crippen molar-refractivity contribution in [1.82, 2.24) is 10.6 Å². The van der Waals surface area contributed by atoms with E-state index in [4.69, 9.17) is 5.26 Å². The van der Waals surface area contributed by atoms with Crippen molar-refractivity contribution in [3.63, 3.8) is 0 Å². The van der Waals surface area contributed by atoms with E-state index in [1.165, 1.54) is 0 Å². The van der Waals surface area contributed by atoms with Gasteiger partial charge in [0.2, 0.25) is 5.91 Å². The predicted octanol–water partition coefficient (Wildman–Crippen LogP) is 1.14. The molecule has 0 aromatic carbocycles. The molecule has 4 nitrogen and oxygen atoms in total. The summed E-state index contributed by atoms with van der Waals surface area (Å²) in [6.45, 7) is 5.00. The van der Waals surface area contributed by atoms with Gasteiger partial charge in [-0.1, -0.05) is 6.92 Å². The van der Waals surface area contributed by atoms with Crippen molar-refractivity contribution in [2.45, 2.75) is 32.7 Å². The molecule has 16 heavy (non-hydrogen) atoms. The molecule has 0 aromatic heterocycles. The van der Waals surface area contributed by atoms with Crippen LogP contribution in [-0.2, 0) is 4.79 Å². The number of amides is 1. The van der Waals surface area contributed by atoms with Crippen LogP contribution in [0, 0.1) is 11.3 Å². The quantitative estimate of drug-likeness (QED) is 0.596. The van der Waals surface area contributed by atoms with Gasteiger partial charge in [-0.15, -0.1) is 0 Å². The van der Waals surface area contributed by atoms with Crippen LogP contribution in [0.4, 0.5) is 0 Å². The van der Waals surface area contributed by atoms with Crippen LogP contribution in [0.3, 0.4) is 0 Å². The van der Waals surface area contributed by atoms with Gasteiger partial charge in [-0.2, -0.15) is 17.0 Å². The van der Waals surface area contributed by atoms with E-state index in [1.54, 1.807) is 0 Å². The molecule has 0 aromatic rings. The van der Waals surface area contributed by atoms with Crippen molar-refractivity contribution in [1.29, 1.82) is 5.26 Å². The second-order valence-electron chi connectivity index (χ2n) is 3.53. The summed E-state index contributed by atoms with van der Waals surface area (Å²) < 4.78 is 0. The zero-order valence-corrected chi connectivity index (χ0v) is 10.9. The highest BCUT2D eigenvalue weighted by Gasteiger charge is 2.04. The molecule has 0 saturated carbocycles. The SMILES string of the molecule is CCSCCC(C)NCC(=O)NCCC#N. The molecular formula is C11H21N3OS. The van der Waals surface area contributed by atoms with Crippen LogP contribution in [0.1, 0.15) is 26.7 Å². The molecule has 0 aliphatic rings. The van der Waals surface area contributed by atoms with Crippen molar-refractivity contribution >= 4 is 17.7 Å². The minimum absolute atomic E-state index is 0.0368. The van der Waals surface area contributed by atoms with Crippen LogP contribution >= 0.6 is 11.8 Å². The second-order valence-corrected chi connectivity index (χ2v) is 4.92. The van der Waals surface area contributed by atoms with E-state index in [0.717, 1.165) is 17.9 Å². The Balaban J connectivity index is 3.40. The van der Waals surface area contributed by atoms with Gasteiger partial charge in [0.25, 0.3) is 0 Å². The molecule has 1 atom stereocenters. The van der Waals surface area contributed by atoms with Gasteiger partial charge in [0.15, 0.2) is 0 Å². The van der Waals surface area contributed by atoms with E-state index < -0.39 is 0 Å². The average Bonchev–Trinajstić information content (AvgIpc) is 2.27. The van der Waals surface area contributed by atoms with Gasteiger partial charge in [-0.3, -0.25) is 4.79 Å². The normalized spacial score (nSPS) is 11.8. The third kappa shape index (κ3) is 9.81. The number of hydrogen-bond acceptors (Lipinski definition) is 4. The summed E-state index contributed by atoms with van der Waals surface area (Å²) in [5.41, 5.74) is 0. The van der Waals surface area contributed by atoms with E-state index in [0.29, 0.717) is 25.6 Å². The smallest absolute Gasteiger partial charge is 0.233 e. The van der Waals surface area contributed by atoms with Gasteiger partial charge in [-0.25, -0.2) is 0 Å². The molecular weight excluding hydrogens is 222 g/mol. The molecule has 0 bridgehead atoms. The molecule has 1 amide bonds. The Kier molecular flexibility index (Phi) is 10.3. The Morgan fingerprint density at radius 2 is 2.31 bits per heavy atom. The number of carbonyl (C=O) groups is 1. The van der Waals surface area contributed by atoms with Gasteiger partial charge in [0.05, 0.1) is 19.0 Å². The van der Waals surface area contributed by atoms with Crippen molar-refractivity contribution in [3.8, 4) is 6.07 Å². The lowest BCUT2D eigenvalue weighted by Crippen LogP contribution is -2.38. The summed E-state index contributed by atoms with van der Waals surface area (Å²) in [5.74, 6) is 2.23. The fourth-order valence-electron chi connectivity index (χ4n) is 1.09. The van der Waals surface area contributed by atoms with Crippen molar-refractivity contribution in [2.75, 3.05) is 24.6 Å². The lowest BCUT2D eigenvalue weighted by Gasteiger charge is -2.12. The summed E-state index contributed by atoms with van der Waals surface area (Å²) in [4.78, 5) is 11.3. The minimum Gasteiger partial charge on any atom is -0.354 e. The molecule has 5 heteroatoms. The first-order valence-corrected chi connectivity index (χ1v) is 6.81. The second kappa shape index (κ2) is 10.8. The minimum atomic E-state index is -0.0368. The number of nitriles is 1. The highest BCUT2D eigenvalue weighted by Crippen LogP contribution is 2.03. The van der Waals surface area contributed by atoms with E-state index in [9.17, 15) is 4.79 Å². The van der Waals surface area contributed by atoms with E-state index in [1.807, 2.05) is 17.8 Å². The van der Waals surface area contributed by atoms with Crippen molar-refractivity contribution < 1.29 is 4.79 Å². The zero-order valence-electron chi connectivity index (χ0n) is 10.1. The predicted molar refractivity (Wildman–Crippen MR) is 68.3 cm³/mol. The number of nitrogens with one attached hydrogen (secondary N) is 2. The zero-order chi connectivity index (χ0) is 12.2. The molecule has 0 spiro atoms. The van der Waals surface area contributed by atoms with Crippen LogP contribution in [0.15, 0.2) is 0 Å². The third-order valence-corrected chi connectivity index (χ3v) is 3.00. The first-order chi connectivity index (χ1) is 7.70. The van der Waals surface area contributed by atoms with Crippen LogP contribution in [-0.4, -0.2) is 36.5 Å². The molecule has 0 aliphatic heterocycles. The fraction of sp³-hybridized carbons (Fsp3) is 0.818. The Morgan fingerprint density at radius 3 is 2.94 bits per heavy atom. The standard InChI is InChI=1S/C11H21N3OS/c1-3-16-8-5-10(2)14-9-11(15)13-7-4-6-12/h10,14H,3-5,7-9H2,1-2H3,(H,13,15). The molecule has 2 N–H and O–H groups in total. The maximum absolute atomic E-state index is 11.3. The monoisotopic (exact) mass is 243 g/mol. The maximum Gasteiger partial charge on any atom is 0.233 e. The summed E-state index contributed by atoms with van der Waals surface area (Å²) in [5, 5.41) is 14.1. The van der Waals surface area contributed by atoms with Gasteiger partial charge >= 0.3 is 0 Å². The summed E-state index contributed by atoms with van der Waals surface area (Å²) in [6.07, 6.45) is 1.44. The molecule has 0 aliphatic carbocycles. The van der Waals surface area contributed by atoms with Crippen molar-refractivity contribution in [3.05, 3.63) is 0 Å². The molecule has 0 heterocycles.